The molecule has 1 fully saturated rings. The molecule has 0 spiro atoms. The number of aromatic nitrogens is 2. The Balaban J connectivity index is 2.02. The fourth-order valence-corrected chi connectivity index (χ4v) is 2.69. The molecular formula is C15H20N6O7. The van der Waals surface area contributed by atoms with Gasteiger partial charge in [0.15, 0.2) is 0 Å². The molecule has 1 aromatic rings. The van der Waals surface area contributed by atoms with Gasteiger partial charge in [0.1, 0.15) is 12.5 Å². The largest absolute Gasteiger partial charge is 0.481 e. The van der Waals surface area contributed by atoms with Crippen molar-refractivity contribution in [2.75, 3.05) is 6.61 Å². The van der Waals surface area contributed by atoms with E-state index in [0.29, 0.717) is 11.8 Å². The lowest BCUT2D eigenvalue weighted by molar-refractivity contribution is -0.137. The van der Waals surface area contributed by atoms with Crippen LogP contribution in [0.4, 0.5) is 0 Å². The second-order valence-electron chi connectivity index (χ2n) is 6.22. The zero-order valence-electron chi connectivity index (χ0n) is 15.0. The number of hydrogen-bond acceptors (Lipinski definition) is 8. The number of aldehydes is 1. The molecule has 13 nitrogen and oxygen atoms in total. The second kappa shape index (κ2) is 9.80. The average molecular weight is 396 g/mol. The van der Waals surface area contributed by atoms with E-state index in [0.717, 1.165) is 0 Å². The second-order valence-corrected chi connectivity index (χ2v) is 6.22. The number of carbonyl (C=O) groups excluding carboxylic acids is 1. The molecule has 152 valence electrons. The third-order valence-electron chi connectivity index (χ3n) is 4.18. The van der Waals surface area contributed by atoms with Crippen molar-refractivity contribution in [1.29, 1.82) is 0 Å². The van der Waals surface area contributed by atoms with E-state index in [1.165, 1.54) is 17.7 Å². The lowest BCUT2D eigenvalue weighted by Gasteiger charge is -2.18. The Morgan fingerprint density at radius 2 is 2.39 bits per heavy atom. The van der Waals surface area contributed by atoms with Crippen LogP contribution in [-0.2, 0) is 19.2 Å². The van der Waals surface area contributed by atoms with Crippen LogP contribution in [0.2, 0.25) is 0 Å². The number of aliphatic carboxylic acids is 1. The Morgan fingerprint density at radius 1 is 1.64 bits per heavy atom. The lowest BCUT2D eigenvalue weighted by Crippen LogP contribution is -2.36. The maximum Gasteiger partial charge on any atom is 0.330 e. The summed E-state index contributed by atoms with van der Waals surface area (Å²) in [7, 11) is 0. The van der Waals surface area contributed by atoms with Crippen molar-refractivity contribution in [3.63, 3.8) is 0 Å². The summed E-state index contributed by atoms with van der Waals surface area (Å²) in [5.74, 6) is -1.04. The van der Waals surface area contributed by atoms with E-state index in [-0.39, 0.29) is 25.9 Å². The number of ether oxygens (including phenoxy) is 1. The first-order valence-electron chi connectivity index (χ1n) is 8.41. The number of nitrogens with zero attached hydrogens (tertiary/aromatic N) is 4. The smallest absolute Gasteiger partial charge is 0.330 e. The van der Waals surface area contributed by atoms with Crippen molar-refractivity contribution >= 4 is 12.3 Å². The van der Waals surface area contributed by atoms with Gasteiger partial charge in [-0.25, -0.2) is 4.79 Å². The molecule has 2 rings (SSSR count). The van der Waals surface area contributed by atoms with E-state index < -0.39 is 41.6 Å². The average Bonchev–Trinajstić information content (AvgIpc) is 3.03. The number of hydroxylamine groups is 1. The molecule has 1 aliphatic heterocycles. The molecular weight excluding hydrogens is 376 g/mol. The Hall–Kier alpha value is -2.99. The van der Waals surface area contributed by atoms with Gasteiger partial charge < -0.3 is 14.6 Å². The summed E-state index contributed by atoms with van der Waals surface area (Å²) in [5.41, 5.74) is 10.3. The first-order chi connectivity index (χ1) is 13.3. The van der Waals surface area contributed by atoms with Crippen molar-refractivity contribution in [2.24, 2.45) is 5.11 Å². The molecule has 1 aliphatic rings. The molecule has 28 heavy (non-hydrogen) atoms. The van der Waals surface area contributed by atoms with E-state index in [1.54, 1.807) is 0 Å². The molecule has 0 radical (unpaired) electrons. The number of carbonyl (C=O) groups is 2. The van der Waals surface area contributed by atoms with E-state index in [9.17, 15) is 19.2 Å². The fourth-order valence-electron chi connectivity index (χ4n) is 2.69. The molecule has 4 atom stereocenters. The topological polar surface area (TPSA) is 188 Å². The third-order valence-corrected chi connectivity index (χ3v) is 4.18. The van der Waals surface area contributed by atoms with Crippen molar-refractivity contribution in [2.45, 2.75) is 50.6 Å². The van der Waals surface area contributed by atoms with Gasteiger partial charge in [-0.15, -0.1) is 0 Å². The first-order valence-corrected chi connectivity index (χ1v) is 8.41. The number of aryl methyl sites for hydroxylation is 1. The molecule has 3 N–H and O–H groups in total. The SMILES string of the molecule is Cc1cn([C@H]2C[C@@H](N=[N+]=[N-])[C@@H](CON[C@H](C=O)CCC(=O)O)O2)c(=O)[nH]c1=O. The van der Waals surface area contributed by atoms with Gasteiger partial charge >= 0.3 is 11.7 Å². The van der Waals surface area contributed by atoms with Crippen LogP contribution in [0.1, 0.15) is 31.1 Å². The van der Waals surface area contributed by atoms with Crippen LogP contribution in [0.5, 0.6) is 0 Å². The third kappa shape index (κ3) is 5.50. The van der Waals surface area contributed by atoms with E-state index in [4.69, 9.17) is 20.2 Å². The van der Waals surface area contributed by atoms with Crippen LogP contribution in [0.3, 0.4) is 0 Å². The fraction of sp³-hybridized carbons (Fsp3) is 0.600. The number of aromatic amines is 1. The summed E-state index contributed by atoms with van der Waals surface area (Å²) in [6.07, 6.45) is 0.389. The molecule has 0 aliphatic carbocycles. The molecule has 0 unspecified atom stereocenters. The Morgan fingerprint density at radius 3 is 3.04 bits per heavy atom. The Labute approximate surface area is 157 Å². The summed E-state index contributed by atoms with van der Waals surface area (Å²) in [6.45, 7) is 1.42. The highest BCUT2D eigenvalue weighted by Gasteiger charge is 2.36. The summed E-state index contributed by atoms with van der Waals surface area (Å²) in [5, 5.41) is 12.3. The molecule has 0 amide bonds. The van der Waals surface area contributed by atoms with Crippen molar-refractivity contribution in [3.05, 3.63) is 43.0 Å². The molecule has 1 aromatic heterocycles. The molecule has 2 heterocycles. The van der Waals surface area contributed by atoms with Crippen molar-refractivity contribution in [3.8, 4) is 0 Å². The number of H-pyrrole nitrogens is 1. The minimum atomic E-state index is -1.04. The maximum atomic E-state index is 12.0. The van der Waals surface area contributed by atoms with E-state index in [2.05, 4.69) is 20.5 Å². The predicted molar refractivity (Wildman–Crippen MR) is 93.3 cm³/mol. The molecule has 0 aromatic carbocycles. The quantitative estimate of drug-likeness (QED) is 0.159. The summed E-state index contributed by atoms with van der Waals surface area (Å²) in [6, 6.07) is -1.47. The van der Waals surface area contributed by atoms with E-state index >= 15 is 0 Å². The normalized spacial score (nSPS) is 22.4. The van der Waals surface area contributed by atoms with Gasteiger partial charge in [-0.2, -0.15) is 5.48 Å². The Kier molecular flexibility index (Phi) is 7.46. The number of carboxylic acid groups (broad SMARTS) is 1. The first kappa shape index (κ1) is 21.3. The number of carboxylic acids is 1. The number of hydrogen-bond donors (Lipinski definition) is 3. The van der Waals surface area contributed by atoms with Crippen LogP contribution >= 0.6 is 0 Å². The number of nitrogens with one attached hydrogen (secondary N) is 2. The van der Waals surface area contributed by atoms with Gasteiger partial charge in [0, 0.05) is 29.5 Å². The predicted octanol–water partition coefficient (Wildman–Crippen LogP) is -0.235. The minimum absolute atomic E-state index is 0.0405. The van der Waals surface area contributed by atoms with Gasteiger partial charge in [0.25, 0.3) is 5.56 Å². The summed E-state index contributed by atoms with van der Waals surface area (Å²) < 4.78 is 6.93. The highest BCUT2D eigenvalue weighted by atomic mass is 16.7. The number of azide groups is 1. The lowest BCUT2D eigenvalue weighted by atomic mass is 10.1. The van der Waals surface area contributed by atoms with Gasteiger partial charge in [0.2, 0.25) is 0 Å². The van der Waals surface area contributed by atoms with Crippen LogP contribution in [0, 0.1) is 6.92 Å². The zero-order valence-corrected chi connectivity index (χ0v) is 15.0. The van der Waals surface area contributed by atoms with E-state index in [1.807, 2.05) is 0 Å². The van der Waals surface area contributed by atoms with Crippen LogP contribution in [0.25, 0.3) is 10.4 Å². The number of rotatable bonds is 10. The van der Waals surface area contributed by atoms with Gasteiger partial charge in [-0.05, 0) is 18.9 Å². The Bertz CT molecular complexity index is 874. The maximum absolute atomic E-state index is 12.0. The summed E-state index contributed by atoms with van der Waals surface area (Å²) in [4.78, 5) is 55.2. The van der Waals surface area contributed by atoms with Crippen molar-refractivity contribution in [1.82, 2.24) is 15.0 Å². The van der Waals surface area contributed by atoms with Crippen LogP contribution in [-0.4, -0.2) is 51.7 Å². The van der Waals surface area contributed by atoms with Gasteiger partial charge in [-0.3, -0.25) is 24.0 Å². The van der Waals surface area contributed by atoms with Crippen molar-refractivity contribution < 1.29 is 24.3 Å². The minimum Gasteiger partial charge on any atom is -0.481 e. The highest BCUT2D eigenvalue weighted by molar-refractivity contribution is 5.68. The molecule has 1 saturated heterocycles. The standard InChI is InChI=1S/C15H20N6O7/c1-8-5-21(15(26)17-14(8)25)12-4-10(18-20-16)11(28-12)7-27-19-9(6-22)2-3-13(23)24/h5-6,9-12,19H,2-4,7H2,1H3,(H,23,24)(H,17,25,26)/t9-,10+,11+,12+/m0/s1. The van der Waals surface area contributed by atoms with Crippen LogP contribution < -0.4 is 16.7 Å². The monoisotopic (exact) mass is 396 g/mol. The van der Waals surface area contributed by atoms with Gasteiger partial charge in [-0.1, -0.05) is 5.11 Å². The van der Waals surface area contributed by atoms with Crippen LogP contribution in [0.15, 0.2) is 20.9 Å². The van der Waals surface area contributed by atoms with Gasteiger partial charge in [0.05, 0.1) is 24.8 Å². The zero-order chi connectivity index (χ0) is 20.7. The molecule has 0 saturated carbocycles. The molecule has 13 heteroatoms. The summed E-state index contributed by atoms with van der Waals surface area (Å²) >= 11 is 0. The highest BCUT2D eigenvalue weighted by Crippen LogP contribution is 2.30. The molecule has 0 bridgehead atoms.